The third-order valence-corrected chi connectivity index (χ3v) is 3.85. The molecule has 96 valence electrons. The number of aromatic nitrogens is 3. The van der Waals surface area contributed by atoms with Crippen molar-refractivity contribution in [1.82, 2.24) is 15.0 Å². The van der Waals surface area contributed by atoms with E-state index in [0.717, 1.165) is 10.2 Å². The fourth-order valence-electron chi connectivity index (χ4n) is 1.66. The maximum atomic E-state index is 11.4. The van der Waals surface area contributed by atoms with Crippen molar-refractivity contribution < 1.29 is 0 Å². The number of nitrogens with zero attached hydrogens (tertiary/aromatic N) is 2. The highest BCUT2D eigenvalue weighted by atomic mass is 35.5. The molecule has 7 heteroatoms. The summed E-state index contributed by atoms with van der Waals surface area (Å²) in [6, 6.07) is 6.02. The van der Waals surface area contributed by atoms with Gasteiger partial charge in [0.2, 0.25) is 0 Å². The molecular weight excluding hydrogens is 284 g/mol. The Labute approximate surface area is 117 Å². The highest BCUT2D eigenvalue weighted by Gasteiger charge is 2.09. The molecule has 0 aliphatic rings. The Hall–Kier alpha value is -1.92. The second kappa shape index (κ2) is 4.64. The Morgan fingerprint density at radius 1 is 1.42 bits per heavy atom. The van der Waals surface area contributed by atoms with E-state index in [4.69, 9.17) is 11.6 Å². The Balaban J connectivity index is 2.01. The number of H-pyrrole nitrogens is 1. The van der Waals surface area contributed by atoms with Gasteiger partial charge in [0.05, 0.1) is 16.5 Å². The molecule has 0 saturated heterocycles. The maximum absolute atomic E-state index is 11.4. The van der Waals surface area contributed by atoms with Crippen molar-refractivity contribution >= 4 is 44.1 Å². The standard InChI is InChI=1S/C12H9ClN4OS/c1-6-2-3-7-8(4-6)19-12(16-7)17-10-9(13)11(18)15-5-14-10/h2-5H,1H3,(H2,14,15,16,17,18). The zero-order valence-corrected chi connectivity index (χ0v) is 11.5. The number of hydrogen-bond donors (Lipinski definition) is 2. The molecule has 0 amide bonds. The van der Waals surface area contributed by atoms with Crippen LogP contribution in [0.3, 0.4) is 0 Å². The number of fused-ring (bicyclic) bond motifs is 1. The third kappa shape index (κ3) is 2.32. The average Bonchev–Trinajstić information content (AvgIpc) is 2.76. The van der Waals surface area contributed by atoms with Crippen molar-refractivity contribution in [3.8, 4) is 0 Å². The van der Waals surface area contributed by atoms with Crippen LogP contribution in [-0.4, -0.2) is 15.0 Å². The van der Waals surface area contributed by atoms with Gasteiger partial charge >= 0.3 is 0 Å². The summed E-state index contributed by atoms with van der Waals surface area (Å²) < 4.78 is 1.07. The normalized spacial score (nSPS) is 10.8. The highest BCUT2D eigenvalue weighted by molar-refractivity contribution is 7.22. The smallest absolute Gasteiger partial charge is 0.271 e. The Bertz CT molecular complexity index is 811. The van der Waals surface area contributed by atoms with Crippen molar-refractivity contribution in [3.63, 3.8) is 0 Å². The number of rotatable bonds is 2. The monoisotopic (exact) mass is 292 g/mol. The van der Waals surface area contributed by atoms with Crippen LogP contribution in [-0.2, 0) is 0 Å². The molecule has 0 unspecified atom stereocenters. The van der Waals surface area contributed by atoms with Gasteiger partial charge in [0, 0.05) is 0 Å². The van der Waals surface area contributed by atoms with Crippen molar-refractivity contribution in [3.05, 3.63) is 45.5 Å². The predicted octanol–water partition coefficient (Wildman–Crippen LogP) is 3.09. The Morgan fingerprint density at radius 2 is 2.26 bits per heavy atom. The zero-order valence-electron chi connectivity index (χ0n) is 9.90. The SMILES string of the molecule is Cc1ccc2nc(Nc3nc[nH]c(=O)c3Cl)sc2c1. The quantitative estimate of drug-likeness (QED) is 0.761. The topological polar surface area (TPSA) is 70.7 Å². The minimum absolute atomic E-state index is 0.0259. The third-order valence-electron chi connectivity index (χ3n) is 2.57. The number of thiazole rings is 1. The lowest BCUT2D eigenvalue weighted by molar-refractivity contribution is 1.12. The van der Waals surface area contributed by atoms with Gasteiger partial charge in [-0.2, -0.15) is 0 Å². The summed E-state index contributed by atoms with van der Waals surface area (Å²) in [4.78, 5) is 22.2. The molecule has 2 N–H and O–H groups in total. The van der Waals surface area contributed by atoms with E-state index in [1.807, 2.05) is 19.1 Å². The first-order valence-corrected chi connectivity index (χ1v) is 6.70. The van der Waals surface area contributed by atoms with Crippen LogP contribution in [0.25, 0.3) is 10.2 Å². The van der Waals surface area contributed by atoms with Crippen LogP contribution in [0.2, 0.25) is 5.02 Å². The first kappa shape index (κ1) is 12.1. The molecule has 0 fully saturated rings. The van der Waals surface area contributed by atoms with E-state index in [-0.39, 0.29) is 10.6 Å². The summed E-state index contributed by atoms with van der Waals surface area (Å²) in [5.74, 6) is 0.307. The zero-order chi connectivity index (χ0) is 13.4. The molecule has 19 heavy (non-hydrogen) atoms. The maximum Gasteiger partial charge on any atom is 0.271 e. The number of aryl methyl sites for hydroxylation is 1. The fourth-order valence-corrected chi connectivity index (χ4v) is 2.77. The molecular formula is C12H9ClN4OS. The van der Waals surface area contributed by atoms with Crippen molar-refractivity contribution in [2.24, 2.45) is 0 Å². The van der Waals surface area contributed by atoms with Crippen molar-refractivity contribution in [1.29, 1.82) is 0 Å². The molecule has 0 aliphatic heterocycles. The molecule has 2 aromatic heterocycles. The van der Waals surface area contributed by atoms with Gasteiger partial charge in [0.15, 0.2) is 10.9 Å². The fraction of sp³-hybridized carbons (Fsp3) is 0.0833. The van der Waals surface area contributed by atoms with Gasteiger partial charge in [-0.25, -0.2) is 9.97 Å². The van der Waals surface area contributed by atoms with Crippen molar-refractivity contribution in [2.75, 3.05) is 5.32 Å². The number of nitrogens with one attached hydrogen (secondary N) is 2. The van der Waals surface area contributed by atoms with Gasteiger partial charge in [-0.05, 0) is 24.6 Å². The largest absolute Gasteiger partial charge is 0.315 e. The number of aromatic amines is 1. The van der Waals surface area contributed by atoms with Gasteiger partial charge in [0.25, 0.3) is 5.56 Å². The second-order valence-electron chi connectivity index (χ2n) is 4.01. The van der Waals surface area contributed by atoms with Gasteiger partial charge in [-0.1, -0.05) is 29.0 Å². The summed E-state index contributed by atoms with van der Waals surface area (Å²) in [5, 5.41) is 3.65. The van der Waals surface area contributed by atoms with Gasteiger partial charge in [0.1, 0.15) is 5.02 Å². The van der Waals surface area contributed by atoms with Crippen LogP contribution in [0.1, 0.15) is 5.56 Å². The lowest BCUT2D eigenvalue weighted by Gasteiger charge is -2.01. The Kier molecular flexibility index (Phi) is 2.96. The molecule has 3 rings (SSSR count). The molecule has 0 aliphatic carbocycles. The molecule has 0 radical (unpaired) electrons. The first-order valence-electron chi connectivity index (χ1n) is 5.51. The second-order valence-corrected chi connectivity index (χ2v) is 5.42. The average molecular weight is 293 g/mol. The van der Waals surface area contributed by atoms with Gasteiger partial charge in [-0.3, -0.25) is 4.79 Å². The predicted molar refractivity (Wildman–Crippen MR) is 77.5 cm³/mol. The van der Waals surface area contributed by atoms with E-state index in [1.165, 1.54) is 23.2 Å². The van der Waals surface area contributed by atoms with E-state index >= 15 is 0 Å². The molecule has 3 aromatic rings. The van der Waals surface area contributed by atoms with Crippen LogP contribution in [0, 0.1) is 6.92 Å². The van der Waals surface area contributed by atoms with Crippen LogP contribution in [0.15, 0.2) is 29.3 Å². The number of hydrogen-bond acceptors (Lipinski definition) is 5. The first-order chi connectivity index (χ1) is 9.13. The molecule has 0 atom stereocenters. The van der Waals surface area contributed by atoms with E-state index < -0.39 is 0 Å². The molecule has 0 spiro atoms. The number of halogens is 1. The van der Waals surface area contributed by atoms with E-state index in [2.05, 4.69) is 26.3 Å². The van der Waals surface area contributed by atoms with Crippen molar-refractivity contribution in [2.45, 2.75) is 6.92 Å². The lowest BCUT2D eigenvalue weighted by atomic mass is 10.2. The van der Waals surface area contributed by atoms with Gasteiger partial charge in [-0.15, -0.1) is 0 Å². The minimum atomic E-state index is -0.379. The minimum Gasteiger partial charge on any atom is -0.315 e. The summed E-state index contributed by atoms with van der Waals surface area (Å²) in [6.45, 7) is 2.03. The van der Waals surface area contributed by atoms with Crippen LogP contribution in [0.4, 0.5) is 10.9 Å². The van der Waals surface area contributed by atoms with Crippen LogP contribution in [0.5, 0.6) is 0 Å². The Morgan fingerprint density at radius 3 is 3.11 bits per heavy atom. The number of benzene rings is 1. The summed E-state index contributed by atoms with van der Waals surface area (Å²) in [6.07, 6.45) is 1.30. The molecule has 2 heterocycles. The summed E-state index contributed by atoms with van der Waals surface area (Å²) >= 11 is 7.36. The van der Waals surface area contributed by atoms with Crippen LogP contribution < -0.4 is 10.9 Å². The van der Waals surface area contributed by atoms with Crippen LogP contribution >= 0.6 is 22.9 Å². The highest BCUT2D eigenvalue weighted by Crippen LogP contribution is 2.29. The van der Waals surface area contributed by atoms with E-state index in [0.29, 0.717) is 10.9 Å². The molecule has 1 aromatic carbocycles. The summed E-state index contributed by atoms with van der Waals surface area (Å²) in [7, 11) is 0. The molecule has 0 saturated carbocycles. The van der Waals surface area contributed by atoms with E-state index in [1.54, 1.807) is 0 Å². The van der Waals surface area contributed by atoms with Gasteiger partial charge < -0.3 is 10.3 Å². The molecule has 0 bridgehead atoms. The molecule has 5 nitrogen and oxygen atoms in total. The van der Waals surface area contributed by atoms with E-state index in [9.17, 15) is 4.79 Å². The lowest BCUT2D eigenvalue weighted by Crippen LogP contribution is -2.09. The summed E-state index contributed by atoms with van der Waals surface area (Å²) in [5.41, 5.74) is 1.70. The number of anilines is 2.